The summed E-state index contributed by atoms with van der Waals surface area (Å²) < 4.78 is 43.3. The molecular formula is C21H32F3N5O. The second kappa shape index (κ2) is 10.3. The van der Waals surface area contributed by atoms with Crippen LogP contribution in [0, 0.1) is 0 Å². The summed E-state index contributed by atoms with van der Waals surface area (Å²) in [6.45, 7) is 2.70. The summed E-state index contributed by atoms with van der Waals surface area (Å²) in [7, 11) is 3.35. The Kier molecular flexibility index (Phi) is 7.82. The van der Waals surface area contributed by atoms with Crippen LogP contribution in [0.4, 0.5) is 13.2 Å². The molecule has 9 heteroatoms. The van der Waals surface area contributed by atoms with Crippen molar-refractivity contribution in [2.24, 2.45) is 4.99 Å². The Hall–Kier alpha value is -2.00. The lowest BCUT2D eigenvalue weighted by atomic mass is 10.1. The molecule has 6 nitrogen and oxygen atoms in total. The molecule has 0 saturated carbocycles. The highest BCUT2D eigenvalue weighted by atomic mass is 19.4. The minimum absolute atomic E-state index is 0.0411. The lowest BCUT2D eigenvalue weighted by Gasteiger charge is -2.29. The van der Waals surface area contributed by atoms with Gasteiger partial charge < -0.3 is 15.4 Å². The molecule has 0 aromatic heterocycles. The minimum Gasteiger partial charge on any atom is -0.497 e. The van der Waals surface area contributed by atoms with E-state index >= 15 is 0 Å². The van der Waals surface area contributed by atoms with Crippen LogP contribution in [0.25, 0.3) is 0 Å². The van der Waals surface area contributed by atoms with Crippen LogP contribution < -0.4 is 15.4 Å². The molecule has 2 N–H and O–H groups in total. The summed E-state index contributed by atoms with van der Waals surface area (Å²) in [5.41, 5.74) is 1.18. The van der Waals surface area contributed by atoms with Gasteiger partial charge in [-0.25, -0.2) is 0 Å². The number of nitrogens with one attached hydrogen (secondary N) is 2. The van der Waals surface area contributed by atoms with Crippen molar-refractivity contribution in [2.75, 3.05) is 53.4 Å². The second-order valence-electron chi connectivity index (χ2n) is 7.97. The highest BCUT2D eigenvalue weighted by Crippen LogP contribution is 2.27. The van der Waals surface area contributed by atoms with Gasteiger partial charge in [-0.1, -0.05) is 12.1 Å². The number of guanidine groups is 1. The van der Waals surface area contributed by atoms with E-state index in [4.69, 9.17) is 4.74 Å². The SMILES string of the molecule is CN=C(NCC(c1cccc(OC)c1)N1CCCC1)NC1CCN(CC(F)(F)F)C1. The molecule has 2 saturated heterocycles. The first-order chi connectivity index (χ1) is 14.4. The number of ether oxygens (including phenoxy) is 1. The third-order valence-corrected chi connectivity index (χ3v) is 5.76. The highest BCUT2D eigenvalue weighted by molar-refractivity contribution is 5.80. The van der Waals surface area contributed by atoms with Crippen molar-refractivity contribution in [3.8, 4) is 5.75 Å². The number of methoxy groups -OCH3 is 1. The molecule has 0 aliphatic carbocycles. The molecule has 2 heterocycles. The van der Waals surface area contributed by atoms with Crippen LogP contribution in [0.5, 0.6) is 5.75 Å². The van der Waals surface area contributed by atoms with Crippen molar-refractivity contribution in [2.45, 2.75) is 37.5 Å². The van der Waals surface area contributed by atoms with Crippen molar-refractivity contribution in [3.63, 3.8) is 0 Å². The van der Waals surface area contributed by atoms with Gasteiger partial charge in [0.15, 0.2) is 5.96 Å². The second-order valence-corrected chi connectivity index (χ2v) is 7.97. The number of aliphatic imine (C=N–C) groups is 1. The Morgan fingerprint density at radius 3 is 2.70 bits per heavy atom. The molecule has 1 aromatic rings. The normalized spacial score (nSPS) is 22.3. The summed E-state index contributed by atoms with van der Waals surface area (Å²) >= 11 is 0. The number of halogens is 3. The summed E-state index contributed by atoms with van der Waals surface area (Å²) in [4.78, 5) is 8.18. The van der Waals surface area contributed by atoms with E-state index in [-0.39, 0.29) is 12.1 Å². The zero-order valence-corrected chi connectivity index (χ0v) is 17.7. The van der Waals surface area contributed by atoms with Gasteiger partial charge in [0.2, 0.25) is 0 Å². The van der Waals surface area contributed by atoms with Crippen LogP contribution in [0.15, 0.2) is 29.3 Å². The largest absolute Gasteiger partial charge is 0.497 e. The zero-order valence-electron chi connectivity index (χ0n) is 17.7. The predicted octanol–water partition coefficient (Wildman–Crippen LogP) is 2.63. The van der Waals surface area contributed by atoms with Gasteiger partial charge in [0, 0.05) is 32.7 Å². The predicted molar refractivity (Wildman–Crippen MR) is 112 cm³/mol. The van der Waals surface area contributed by atoms with Gasteiger partial charge in [-0.2, -0.15) is 13.2 Å². The zero-order chi connectivity index (χ0) is 21.6. The van der Waals surface area contributed by atoms with Crippen molar-refractivity contribution < 1.29 is 17.9 Å². The average molecular weight is 428 g/mol. The van der Waals surface area contributed by atoms with Crippen LogP contribution in [0.3, 0.4) is 0 Å². The molecule has 0 spiro atoms. The number of benzene rings is 1. The first kappa shape index (κ1) is 22.7. The lowest BCUT2D eigenvalue weighted by molar-refractivity contribution is -0.143. The van der Waals surface area contributed by atoms with Crippen molar-refractivity contribution in [1.82, 2.24) is 20.4 Å². The van der Waals surface area contributed by atoms with Gasteiger partial charge in [-0.05, 0) is 50.0 Å². The van der Waals surface area contributed by atoms with Gasteiger partial charge in [0.05, 0.1) is 19.7 Å². The molecule has 0 bridgehead atoms. The maximum atomic E-state index is 12.6. The molecule has 2 atom stereocenters. The van der Waals surface area contributed by atoms with E-state index in [0.717, 1.165) is 18.8 Å². The number of hydrogen-bond acceptors (Lipinski definition) is 4. The number of alkyl halides is 3. The first-order valence-electron chi connectivity index (χ1n) is 10.5. The van der Waals surface area contributed by atoms with Gasteiger partial charge in [0.25, 0.3) is 0 Å². The third-order valence-electron chi connectivity index (χ3n) is 5.76. The quantitative estimate of drug-likeness (QED) is 0.518. The molecule has 2 aliphatic rings. The Morgan fingerprint density at radius 1 is 1.27 bits per heavy atom. The molecule has 2 aliphatic heterocycles. The van der Waals surface area contributed by atoms with Crippen LogP contribution in [0.2, 0.25) is 0 Å². The fraction of sp³-hybridized carbons (Fsp3) is 0.667. The van der Waals surface area contributed by atoms with E-state index in [0.29, 0.717) is 32.0 Å². The summed E-state index contributed by atoms with van der Waals surface area (Å²) in [5.74, 6) is 1.45. The van der Waals surface area contributed by atoms with Gasteiger partial charge in [-0.15, -0.1) is 0 Å². The Labute approximate surface area is 176 Å². The monoisotopic (exact) mass is 427 g/mol. The Morgan fingerprint density at radius 2 is 2.03 bits per heavy atom. The molecule has 1 aromatic carbocycles. The summed E-state index contributed by atoms with van der Waals surface area (Å²) in [6.07, 6.45) is -1.12. The number of nitrogens with zero attached hydrogens (tertiary/aromatic N) is 3. The topological polar surface area (TPSA) is 52.1 Å². The first-order valence-corrected chi connectivity index (χ1v) is 10.5. The maximum absolute atomic E-state index is 12.6. The Bertz CT molecular complexity index is 706. The molecule has 0 radical (unpaired) electrons. The maximum Gasteiger partial charge on any atom is 0.401 e. The number of hydrogen-bond donors (Lipinski definition) is 2. The smallest absolute Gasteiger partial charge is 0.401 e. The van der Waals surface area contributed by atoms with Crippen LogP contribution in [-0.2, 0) is 0 Å². The molecule has 0 amide bonds. The van der Waals surface area contributed by atoms with E-state index < -0.39 is 12.7 Å². The fourth-order valence-electron chi connectivity index (χ4n) is 4.29. The van der Waals surface area contributed by atoms with E-state index in [9.17, 15) is 13.2 Å². The van der Waals surface area contributed by atoms with E-state index in [2.05, 4.69) is 32.7 Å². The molecular weight excluding hydrogens is 395 g/mol. The van der Waals surface area contributed by atoms with Crippen molar-refractivity contribution in [3.05, 3.63) is 29.8 Å². The van der Waals surface area contributed by atoms with Crippen molar-refractivity contribution in [1.29, 1.82) is 0 Å². The molecule has 2 fully saturated rings. The van der Waals surface area contributed by atoms with Gasteiger partial charge in [0.1, 0.15) is 5.75 Å². The summed E-state index contributed by atoms with van der Waals surface area (Å²) in [6, 6.07) is 8.23. The Balaban J connectivity index is 1.58. The van der Waals surface area contributed by atoms with Crippen LogP contribution in [0.1, 0.15) is 30.9 Å². The summed E-state index contributed by atoms with van der Waals surface area (Å²) in [5, 5.41) is 6.68. The van der Waals surface area contributed by atoms with Crippen LogP contribution in [-0.4, -0.2) is 81.4 Å². The van der Waals surface area contributed by atoms with E-state index in [1.54, 1.807) is 14.2 Å². The molecule has 168 valence electrons. The lowest BCUT2D eigenvalue weighted by Crippen LogP contribution is -2.47. The fourth-order valence-corrected chi connectivity index (χ4v) is 4.29. The van der Waals surface area contributed by atoms with Crippen LogP contribution >= 0.6 is 0 Å². The molecule has 2 unspecified atom stereocenters. The van der Waals surface area contributed by atoms with Crippen molar-refractivity contribution >= 4 is 5.96 Å². The van der Waals surface area contributed by atoms with Gasteiger partial charge >= 0.3 is 6.18 Å². The van der Waals surface area contributed by atoms with Gasteiger partial charge in [-0.3, -0.25) is 14.8 Å². The highest BCUT2D eigenvalue weighted by Gasteiger charge is 2.34. The average Bonchev–Trinajstić information content (AvgIpc) is 3.38. The number of likely N-dealkylation sites (tertiary alicyclic amines) is 2. The number of rotatable bonds is 7. The van der Waals surface area contributed by atoms with E-state index in [1.165, 1.54) is 23.3 Å². The molecule has 30 heavy (non-hydrogen) atoms. The standard InChI is InChI=1S/C21H32F3N5O/c1-25-20(27-17-8-11-28(14-17)15-21(22,23)24)26-13-19(29-9-3-4-10-29)16-6-5-7-18(12-16)30-2/h5-7,12,17,19H,3-4,8-11,13-15H2,1-2H3,(H2,25,26,27). The third kappa shape index (κ3) is 6.50. The van der Waals surface area contributed by atoms with E-state index in [1.807, 2.05) is 12.1 Å². The molecule has 3 rings (SSSR count). The minimum atomic E-state index is -4.16.